The van der Waals surface area contributed by atoms with E-state index in [9.17, 15) is 14.4 Å². The first-order chi connectivity index (χ1) is 12.9. The van der Waals surface area contributed by atoms with Gasteiger partial charge in [0.15, 0.2) is 6.10 Å². The third-order valence-corrected chi connectivity index (χ3v) is 4.54. The molecular formula is C19H22N4O4. The Kier molecular flexibility index (Phi) is 5.25. The first-order valence-corrected chi connectivity index (χ1v) is 8.77. The lowest BCUT2D eigenvalue weighted by molar-refractivity contribution is -0.156. The molecule has 2 aromatic rings. The van der Waals surface area contributed by atoms with Gasteiger partial charge in [-0.2, -0.15) is 5.10 Å². The Morgan fingerprint density at radius 3 is 2.59 bits per heavy atom. The third-order valence-electron chi connectivity index (χ3n) is 4.54. The predicted molar refractivity (Wildman–Crippen MR) is 97.4 cm³/mol. The summed E-state index contributed by atoms with van der Waals surface area (Å²) in [6.45, 7) is 5.87. The molecule has 0 spiro atoms. The number of nitrogens with zero attached hydrogens (tertiary/aromatic N) is 3. The number of rotatable bonds is 5. The van der Waals surface area contributed by atoms with Crippen molar-refractivity contribution in [1.82, 2.24) is 20.0 Å². The summed E-state index contributed by atoms with van der Waals surface area (Å²) in [6.07, 6.45) is -1.01. The van der Waals surface area contributed by atoms with Gasteiger partial charge in [-0.3, -0.25) is 14.5 Å². The van der Waals surface area contributed by atoms with E-state index < -0.39 is 24.0 Å². The van der Waals surface area contributed by atoms with Crippen molar-refractivity contribution in [3.63, 3.8) is 0 Å². The van der Waals surface area contributed by atoms with E-state index in [2.05, 4.69) is 10.4 Å². The lowest BCUT2D eigenvalue weighted by atomic mass is 10.1. The fraction of sp³-hybridized carbons (Fsp3) is 0.368. The Morgan fingerprint density at radius 2 is 1.96 bits per heavy atom. The molecule has 1 atom stereocenters. The van der Waals surface area contributed by atoms with Crippen molar-refractivity contribution < 1.29 is 19.1 Å². The molecular weight excluding hydrogens is 348 g/mol. The fourth-order valence-corrected chi connectivity index (χ4v) is 3.09. The highest BCUT2D eigenvalue weighted by atomic mass is 16.5. The second-order valence-electron chi connectivity index (χ2n) is 6.43. The fourth-order valence-electron chi connectivity index (χ4n) is 3.09. The van der Waals surface area contributed by atoms with Crippen LogP contribution in [0.2, 0.25) is 0 Å². The number of carbonyl (C=O) groups excluding carboxylic acids is 3. The predicted octanol–water partition coefficient (Wildman–Crippen LogP) is 1.52. The molecule has 1 aliphatic rings. The average Bonchev–Trinajstić information content (AvgIpc) is 3.20. The highest BCUT2D eigenvalue weighted by Crippen LogP contribution is 2.19. The third kappa shape index (κ3) is 3.84. The molecule has 0 unspecified atom stereocenters. The maximum Gasteiger partial charge on any atom is 0.324 e. The van der Waals surface area contributed by atoms with Crippen molar-refractivity contribution in [3.05, 3.63) is 47.3 Å². The first-order valence-electron chi connectivity index (χ1n) is 8.77. The highest BCUT2D eigenvalue weighted by molar-refractivity contribution is 5.98. The van der Waals surface area contributed by atoms with E-state index in [1.807, 2.05) is 44.2 Å². The standard InChI is InChI=1S/C19H22N4O4/c1-12-16(13(2)23(21-12)15-7-5-4-6-8-15)11-17(24)27-14(3)18(25)22-10-9-20-19(22)26/h4-8,14H,9-11H2,1-3H3,(H,20,26)/t14-/m0/s1. The molecule has 0 saturated carbocycles. The van der Waals surface area contributed by atoms with E-state index in [1.54, 1.807) is 4.68 Å². The lowest BCUT2D eigenvalue weighted by Gasteiger charge is -2.18. The summed E-state index contributed by atoms with van der Waals surface area (Å²) in [6, 6.07) is 9.17. The normalized spacial score (nSPS) is 14.8. The Bertz CT molecular complexity index is 875. The molecule has 27 heavy (non-hydrogen) atoms. The maximum absolute atomic E-state index is 12.3. The van der Waals surface area contributed by atoms with Gasteiger partial charge in [-0.1, -0.05) is 18.2 Å². The minimum atomic E-state index is -1.02. The van der Waals surface area contributed by atoms with Gasteiger partial charge in [0.2, 0.25) is 0 Å². The van der Waals surface area contributed by atoms with E-state index in [1.165, 1.54) is 6.92 Å². The van der Waals surface area contributed by atoms with Crippen molar-refractivity contribution in [3.8, 4) is 5.69 Å². The molecule has 1 fully saturated rings. The smallest absolute Gasteiger partial charge is 0.324 e. The number of para-hydroxylation sites is 1. The molecule has 3 amide bonds. The molecule has 142 valence electrons. The van der Waals surface area contributed by atoms with E-state index in [0.717, 1.165) is 27.5 Å². The van der Waals surface area contributed by atoms with Gasteiger partial charge < -0.3 is 10.1 Å². The number of hydrogen-bond acceptors (Lipinski definition) is 5. The van der Waals surface area contributed by atoms with Gasteiger partial charge in [0.25, 0.3) is 5.91 Å². The number of aryl methyl sites for hydroxylation is 1. The molecule has 1 aliphatic heterocycles. The number of ether oxygens (including phenoxy) is 1. The number of amides is 3. The summed E-state index contributed by atoms with van der Waals surface area (Å²) in [5.41, 5.74) is 3.24. The number of hydrogen-bond donors (Lipinski definition) is 1. The lowest BCUT2D eigenvalue weighted by Crippen LogP contribution is -2.42. The number of benzene rings is 1. The van der Waals surface area contributed by atoms with E-state index in [4.69, 9.17) is 4.74 Å². The quantitative estimate of drug-likeness (QED) is 0.806. The summed E-state index contributed by atoms with van der Waals surface area (Å²) in [5, 5.41) is 7.05. The second-order valence-corrected chi connectivity index (χ2v) is 6.43. The number of nitrogens with one attached hydrogen (secondary N) is 1. The van der Waals surface area contributed by atoms with Crippen LogP contribution in [0.3, 0.4) is 0 Å². The molecule has 0 bridgehead atoms. The van der Waals surface area contributed by atoms with Crippen molar-refractivity contribution >= 4 is 17.9 Å². The van der Waals surface area contributed by atoms with Crippen molar-refractivity contribution in [2.75, 3.05) is 13.1 Å². The highest BCUT2D eigenvalue weighted by Gasteiger charge is 2.31. The van der Waals surface area contributed by atoms with Gasteiger partial charge in [-0.15, -0.1) is 0 Å². The summed E-state index contributed by atoms with van der Waals surface area (Å²) >= 11 is 0. The first kappa shape index (κ1) is 18.6. The van der Waals surface area contributed by atoms with Crippen LogP contribution < -0.4 is 5.32 Å². The Labute approximate surface area is 157 Å². The van der Waals surface area contributed by atoms with Crippen LogP contribution in [0.15, 0.2) is 30.3 Å². The summed E-state index contributed by atoms with van der Waals surface area (Å²) in [7, 11) is 0. The zero-order valence-corrected chi connectivity index (χ0v) is 15.6. The van der Waals surface area contributed by atoms with Crippen LogP contribution in [-0.2, 0) is 20.7 Å². The maximum atomic E-state index is 12.3. The van der Waals surface area contributed by atoms with Crippen LogP contribution in [0.25, 0.3) is 5.69 Å². The molecule has 0 aliphatic carbocycles. The van der Waals surface area contributed by atoms with Crippen LogP contribution in [0.1, 0.15) is 23.9 Å². The van der Waals surface area contributed by atoms with E-state index in [0.29, 0.717) is 6.54 Å². The second kappa shape index (κ2) is 7.61. The average molecular weight is 370 g/mol. The molecule has 1 aromatic heterocycles. The molecule has 8 nitrogen and oxygen atoms in total. The Balaban J connectivity index is 1.68. The van der Waals surface area contributed by atoms with Crippen molar-refractivity contribution in [2.24, 2.45) is 0 Å². The molecule has 2 heterocycles. The molecule has 1 N–H and O–H groups in total. The number of imide groups is 1. The number of urea groups is 1. The van der Waals surface area contributed by atoms with Gasteiger partial charge in [-0.25, -0.2) is 9.48 Å². The van der Waals surface area contributed by atoms with Gasteiger partial charge in [0.1, 0.15) is 0 Å². The zero-order chi connectivity index (χ0) is 19.6. The van der Waals surface area contributed by atoms with Gasteiger partial charge >= 0.3 is 12.0 Å². The van der Waals surface area contributed by atoms with E-state index in [-0.39, 0.29) is 13.0 Å². The molecule has 1 aromatic carbocycles. The molecule has 3 rings (SSSR count). The summed E-state index contributed by atoms with van der Waals surface area (Å²) in [4.78, 5) is 37.2. The largest absolute Gasteiger partial charge is 0.452 e. The minimum Gasteiger partial charge on any atom is -0.452 e. The van der Waals surface area contributed by atoms with Crippen molar-refractivity contribution in [2.45, 2.75) is 33.3 Å². The number of aromatic nitrogens is 2. The van der Waals surface area contributed by atoms with Crippen LogP contribution in [-0.4, -0.2) is 51.8 Å². The number of esters is 1. The van der Waals surface area contributed by atoms with Crippen LogP contribution >= 0.6 is 0 Å². The Morgan fingerprint density at radius 1 is 1.26 bits per heavy atom. The Hall–Kier alpha value is -3.16. The van der Waals surface area contributed by atoms with Crippen LogP contribution in [0.4, 0.5) is 4.79 Å². The van der Waals surface area contributed by atoms with E-state index >= 15 is 0 Å². The van der Waals surface area contributed by atoms with Crippen LogP contribution in [0, 0.1) is 13.8 Å². The minimum absolute atomic E-state index is 0.00825. The van der Waals surface area contributed by atoms with Gasteiger partial charge in [0, 0.05) is 24.3 Å². The van der Waals surface area contributed by atoms with Crippen LogP contribution in [0.5, 0.6) is 0 Å². The monoisotopic (exact) mass is 370 g/mol. The summed E-state index contributed by atoms with van der Waals surface area (Å²) < 4.78 is 7.03. The summed E-state index contributed by atoms with van der Waals surface area (Å²) in [5.74, 6) is -1.05. The number of carbonyl (C=O) groups is 3. The topological polar surface area (TPSA) is 93.5 Å². The SMILES string of the molecule is Cc1nn(-c2ccccc2)c(C)c1CC(=O)O[C@@H](C)C(=O)N1CCNC1=O. The molecule has 8 heteroatoms. The molecule has 1 saturated heterocycles. The van der Waals surface area contributed by atoms with Gasteiger partial charge in [0.05, 0.1) is 17.8 Å². The van der Waals surface area contributed by atoms with Crippen molar-refractivity contribution in [1.29, 1.82) is 0 Å². The zero-order valence-electron chi connectivity index (χ0n) is 15.6. The molecule has 0 radical (unpaired) electrons. The van der Waals surface area contributed by atoms with Gasteiger partial charge in [-0.05, 0) is 32.9 Å².